The number of anilines is 1. The second-order valence-corrected chi connectivity index (χ2v) is 14.6. The number of aliphatic hydroxyl groups excluding tert-OH is 1. The summed E-state index contributed by atoms with van der Waals surface area (Å²) in [5.74, 6) is -1.26. The van der Waals surface area contributed by atoms with E-state index < -0.39 is 35.0 Å². The summed E-state index contributed by atoms with van der Waals surface area (Å²) in [5.41, 5.74) is 2.45. The second-order valence-electron chi connectivity index (χ2n) is 13.7. The van der Waals surface area contributed by atoms with Crippen molar-refractivity contribution in [3.8, 4) is 27.3 Å². The lowest BCUT2D eigenvalue weighted by molar-refractivity contribution is 0.0521. The minimum Gasteiger partial charge on any atom is -0.493 e. The Morgan fingerprint density at radius 3 is 2.37 bits per heavy atom. The van der Waals surface area contributed by atoms with E-state index in [0.29, 0.717) is 36.4 Å². The van der Waals surface area contributed by atoms with Gasteiger partial charge in [0.25, 0.3) is 11.8 Å². The molecule has 0 radical (unpaired) electrons. The first-order valence-electron chi connectivity index (χ1n) is 16.5. The molecule has 4 N–H and O–H groups in total. The van der Waals surface area contributed by atoms with Crippen molar-refractivity contribution in [3.05, 3.63) is 88.1 Å². The first-order valence-corrected chi connectivity index (χ1v) is 17.3. The number of carbonyl (C=O) groups excluding carboxylic acids is 4. The summed E-state index contributed by atoms with van der Waals surface area (Å²) in [7, 11) is 1.21. The third kappa shape index (κ3) is 9.10. The standard InChI is InChI=1S/C38H42N4O8S/c1-37(2,3)50-36(47)39-21-22-7-9-24(10-8-22)40-33(44)27-19-28-30(49-17-13-23-14-18-51-32(23)28)20-26(27)25-11-12-29(41-31(25)35(46)48-6)34(45)42-38(4,5)15-16-43/h7-12,14,18-20,43H,13,15-17,21H2,1-6H3,(H,39,47)(H,40,44)(H,42,45). The Kier molecular flexibility index (Phi) is 11.1. The number of benzene rings is 2. The highest BCUT2D eigenvalue weighted by molar-refractivity contribution is 7.13. The van der Waals surface area contributed by atoms with Crippen molar-refractivity contribution in [1.82, 2.24) is 15.6 Å². The number of rotatable bonds is 10. The van der Waals surface area contributed by atoms with E-state index in [4.69, 9.17) is 14.2 Å². The van der Waals surface area contributed by atoms with Crippen molar-refractivity contribution in [2.75, 3.05) is 25.6 Å². The Morgan fingerprint density at radius 2 is 1.69 bits per heavy atom. The van der Waals surface area contributed by atoms with Crippen LogP contribution in [-0.4, -0.2) is 65.4 Å². The number of ether oxygens (including phenoxy) is 3. The molecule has 0 saturated carbocycles. The van der Waals surface area contributed by atoms with E-state index in [1.54, 1.807) is 88.4 Å². The lowest BCUT2D eigenvalue weighted by Gasteiger charge is -2.25. The molecule has 0 saturated heterocycles. The maximum Gasteiger partial charge on any atom is 0.407 e. The average molecular weight is 715 g/mol. The molecule has 51 heavy (non-hydrogen) atoms. The molecule has 1 aliphatic heterocycles. The number of fused-ring (bicyclic) bond motifs is 3. The van der Waals surface area contributed by atoms with Gasteiger partial charge in [-0.1, -0.05) is 12.1 Å². The number of aliphatic hydroxyl groups is 1. The van der Waals surface area contributed by atoms with Gasteiger partial charge in [0.15, 0.2) is 5.69 Å². The molecule has 0 unspecified atom stereocenters. The second kappa shape index (κ2) is 15.3. The number of nitrogens with one attached hydrogen (secondary N) is 3. The first kappa shape index (κ1) is 37.0. The van der Waals surface area contributed by atoms with Crippen LogP contribution in [0, 0.1) is 0 Å². The van der Waals surface area contributed by atoms with E-state index >= 15 is 0 Å². The van der Waals surface area contributed by atoms with Crippen LogP contribution in [0.4, 0.5) is 10.5 Å². The van der Waals surface area contributed by atoms with Crippen LogP contribution in [0.5, 0.6) is 5.75 Å². The monoisotopic (exact) mass is 714 g/mol. The van der Waals surface area contributed by atoms with Crippen molar-refractivity contribution in [2.45, 2.75) is 65.1 Å². The van der Waals surface area contributed by atoms with E-state index in [1.807, 2.05) is 11.4 Å². The molecule has 2 aromatic carbocycles. The molecule has 268 valence electrons. The van der Waals surface area contributed by atoms with E-state index in [-0.39, 0.29) is 35.7 Å². The van der Waals surface area contributed by atoms with Gasteiger partial charge in [-0.15, -0.1) is 11.3 Å². The van der Waals surface area contributed by atoms with E-state index in [1.165, 1.54) is 13.2 Å². The van der Waals surface area contributed by atoms with Crippen LogP contribution in [0.15, 0.2) is 60.0 Å². The van der Waals surface area contributed by atoms with Gasteiger partial charge in [-0.25, -0.2) is 14.6 Å². The van der Waals surface area contributed by atoms with Crippen LogP contribution in [0.1, 0.15) is 83.5 Å². The molecular formula is C38H42N4O8S. The van der Waals surface area contributed by atoms with Crippen molar-refractivity contribution in [2.24, 2.45) is 0 Å². The van der Waals surface area contributed by atoms with E-state index in [9.17, 15) is 24.3 Å². The van der Waals surface area contributed by atoms with Gasteiger partial charge in [0.2, 0.25) is 0 Å². The summed E-state index contributed by atoms with van der Waals surface area (Å²) in [6.07, 6.45) is 0.463. The molecular weight excluding hydrogens is 673 g/mol. The third-order valence-electron chi connectivity index (χ3n) is 8.02. The van der Waals surface area contributed by atoms with E-state index in [2.05, 4.69) is 20.9 Å². The largest absolute Gasteiger partial charge is 0.493 e. The highest BCUT2D eigenvalue weighted by Gasteiger charge is 2.28. The zero-order valence-corrected chi connectivity index (χ0v) is 30.3. The summed E-state index contributed by atoms with van der Waals surface area (Å²) in [4.78, 5) is 58.0. The van der Waals surface area contributed by atoms with Gasteiger partial charge in [0.05, 0.1) is 13.7 Å². The molecule has 12 nitrogen and oxygen atoms in total. The molecule has 0 aliphatic carbocycles. The Hall–Kier alpha value is -5.27. The lowest BCUT2D eigenvalue weighted by Crippen LogP contribution is -2.44. The predicted molar refractivity (Wildman–Crippen MR) is 194 cm³/mol. The fourth-order valence-corrected chi connectivity index (χ4v) is 6.46. The molecule has 1 aliphatic rings. The lowest BCUT2D eigenvalue weighted by atomic mass is 9.93. The van der Waals surface area contributed by atoms with Crippen LogP contribution >= 0.6 is 11.3 Å². The summed E-state index contributed by atoms with van der Waals surface area (Å²) >= 11 is 1.55. The SMILES string of the molecule is COC(=O)c1nc(C(=O)NC(C)(C)CCO)ccc1-c1cc2c(cc1C(=O)Nc1ccc(CNC(=O)OC(C)(C)C)cc1)-c1sccc1CCO2. The smallest absolute Gasteiger partial charge is 0.407 e. The molecule has 5 rings (SSSR count). The molecule has 13 heteroatoms. The molecule has 0 spiro atoms. The molecule has 2 aromatic heterocycles. The van der Waals surface area contributed by atoms with Gasteiger partial charge in [-0.05, 0) is 100 Å². The highest BCUT2D eigenvalue weighted by Crippen LogP contribution is 2.43. The fraction of sp³-hybridized carbons (Fsp3) is 0.342. The molecule has 0 atom stereocenters. The number of methoxy groups -OCH3 is 1. The highest BCUT2D eigenvalue weighted by atomic mass is 32.1. The summed E-state index contributed by atoms with van der Waals surface area (Å²) in [5, 5.41) is 19.9. The minimum atomic E-state index is -0.799. The van der Waals surface area contributed by atoms with Crippen molar-refractivity contribution in [1.29, 1.82) is 0 Å². The first-order chi connectivity index (χ1) is 24.2. The zero-order chi connectivity index (χ0) is 36.9. The van der Waals surface area contributed by atoms with Crippen LogP contribution in [0.25, 0.3) is 21.6 Å². The summed E-state index contributed by atoms with van der Waals surface area (Å²) in [6.45, 7) is 9.43. The molecule has 0 fully saturated rings. The minimum absolute atomic E-state index is 0.0355. The molecule has 3 heterocycles. The van der Waals surface area contributed by atoms with Gasteiger partial charge in [0.1, 0.15) is 17.0 Å². The van der Waals surface area contributed by atoms with E-state index in [0.717, 1.165) is 21.6 Å². The normalized spacial score (nSPS) is 12.4. The quantitative estimate of drug-likeness (QED) is 0.137. The fourth-order valence-electron chi connectivity index (χ4n) is 5.49. The molecule has 4 aromatic rings. The molecule has 3 amide bonds. The molecule has 0 bridgehead atoms. The average Bonchev–Trinajstić information content (AvgIpc) is 3.47. The number of hydrogen-bond acceptors (Lipinski definition) is 10. The van der Waals surface area contributed by atoms with Crippen molar-refractivity contribution < 1.29 is 38.5 Å². The number of aromatic nitrogens is 1. The van der Waals surface area contributed by atoms with Crippen molar-refractivity contribution >= 4 is 40.9 Å². The third-order valence-corrected chi connectivity index (χ3v) is 9.01. The van der Waals surface area contributed by atoms with Crippen LogP contribution < -0.4 is 20.7 Å². The van der Waals surface area contributed by atoms with Crippen molar-refractivity contribution in [3.63, 3.8) is 0 Å². The number of pyridine rings is 1. The number of esters is 1. The topological polar surface area (TPSA) is 165 Å². The Bertz CT molecular complexity index is 1950. The zero-order valence-electron chi connectivity index (χ0n) is 29.5. The number of nitrogens with zero attached hydrogens (tertiary/aromatic N) is 1. The summed E-state index contributed by atoms with van der Waals surface area (Å²) in [6, 6.07) is 15.5. The van der Waals surface area contributed by atoms with Gasteiger partial charge in [0, 0.05) is 57.9 Å². The number of carbonyl (C=O) groups is 4. The van der Waals surface area contributed by atoms with Crippen LogP contribution in [0.3, 0.4) is 0 Å². The number of alkyl carbamates (subject to hydrolysis) is 1. The number of amides is 3. The maximum absolute atomic E-state index is 14.2. The predicted octanol–water partition coefficient (Wildman–Crippen LogP) is 6.37. The number of hydrogen-bond donors (Lipinski definition) is 4. The number of thiophene rings is 1. The maximum atomic E-state index is 14.2. The summed E-state index contributed by atoms with van der Waals surface area (Å²) < 4.78 is 16.5. The van der Waals surface area contributed by atoms with Crippen LogP contribution in [0.2, 0.25) is 0 Å². The van der Waals surface area contributed by atoms with Gasteiger partial charge in [-0.3, -0.25) is 9.59 Å². The Morgan fingerprint density at radius 1 is 0.941 bits per heavy atom. The Balaban J connectivity index is 1.52. The van der Waals surface area contributed by atoms with Crippen LogP contribution in [-0.2, 0) is 22.4 Å². The van der Waals surface area contributed by atoms with Gasteiger partial charge >= 0.3 is 12.1 Å². The van der Waals surface area contributed by atoms with Gasteiger partial charge < -0.3 is 35.3 Å². The Labute approximate surface area is 300 Å². The van der Waals surface area contributed by atoms with Gasteiger partial charge in [-0.2, -0.15) is 0 Å².